The third-order valence-electron chi connectivity index (χ3n) is 6.75. The Hall–Kier alpha value is -2.66. The first-order chi connectivity index (χ1) is 18.1. The number of hydroxylamine groups is 2. The molecule has 0 spiro atoms. The van der Waals surface area contributed by atoms with E-state index in [1.807, 2.05) is 20.8 Å². The molecule has 0 fully saturated rings. The van der Waals surface area contributed by atoms with E-state index in [-0.39, 0.29) is 11.6 Å². The van der Waals surface area contributed by atoms with Crippen LogP contribution in [0.5, 0.6) is 5.75 Å². The normalized spacial score (nSPS) is 12.0. The summed E-state index contributed by atoms with van der Waals surface area (Å²) in [5.74, 6) is 1.56. The Bertz CT molecular complexity index is 1320. The highest BCUT2D eigenvalue weighted by Gasteiger charge is 2.40. The molecule has 12 heteroatoms. The highest BCUT2D eigenvalue weighted by molar-refractivity contribution is 6.74. The smallest absolute Gasteiger partial charge is 0.432 e. The summed E-state index contributed by atoms with van der Waals surface area (Å²) in [6, 6.07) is 5.23. The number of nitrogens with zero attached hydrogens (tertiary/aromatic N) is 4. The summed E-state index contributed by atoms with van der Waals surface area (Å²) in [6.07, 6.45) is -0.0446. The van der Waals surface area contributed by atoms with Crippen LogP contribution >= 0.6 is 23.2 Å². The van der Waals surface area contributed by atoms with Crippen molar-refractivity contribution in [2.45, 2.75) is 66.1 Å². The van der Waals surface area contributed by atoms with Crippen LogP contribution in [-0.4, -0.2) is 54.9 Å². The largest absolute Gasteiger partial charge is 0.493 e. The number of amides is 1. The lowest BCUT2D eigenvalue weighted by atomic mass is 10.1. The maximum Gasteiger partial charge on any atom is 0.432 e. The summed E-state index contributed by atoms with van der Waals surface area (Å²) in [5, 5.41) is 5.94. The van der Waals surface area contributed by atoms with Gasteiger partial charge in [-0.05, 0) is 57.1 Å². The number of aromatic nitrogens is 3. The highest BCUT2D eigenvalue weighted by atomic mass is 35.5. The fourth-order valence-corrected chi connectivity index (χ4v) is 4.86. The topological polar surface area (TPSA) is 99.8 Å². The van der Waals surface area contributed by atoms with Gasteiger partial charge in [-0.15, -0.1) is 0 Å². The Kier molecular flexibility index (Phi) is 9.69. The van der Waals surface area contributed by atoms with E-state index >= 15 is 0 Å². The van der Waals surface area contributed by atoms with Crippen LogP contribution in [0.2, 0.25) is 28.3 Å². The molecule has 1 amide bonds. The molecule has 0 saturated heterocycles. The predicted molar refractivity (Wildman–Crippen MR) is 155 cm³/mol. The minimum absolute atomic E-state index is 0.0301. The van der Waals surface area contributed by atoms with Crippen LogP contribution in [0, 0.1) is 20.8 Å². The highest BCUT2D eigenvalue weighted by Crippen LogP contribution is 2.37. The van der Waals surface area contributed by atoms with E-state index in [2.05, 4.69) is 44.0 Å². The minimum Gasteiger partial charge on any atom is -0.493 e. The van der Waals surface area contributed by atoms with Gasteiger partial charge >= 0.3 is 6.09 Å². The van der Waals surface area contributed by atoms with Gasteiger partial charge < -0.3 is 18.5 Å². The first-order valence-electron chi connectivity index (χ1n) is 12.6. The van der Waals surface area contributed by atoms with Crippen molar-refractivity contribution in [2.24, 2.45) is 0 Å². The maximum atomic E-state index is 12.3. The second kappa shape index (κ2) is 12.2. The van der Waals surface area contributed by atoms with E-state index in [0.717, 1.165) is 5.56 Å². The van der Waals surface area contributed by atoms with Gasteiger partial charge in [-0.3, -0.25) is 0 Å². The van der Waals surface area contributed by atoms with Crippen LogP contribution in [0.1, 0.15) is 44.2 Å². The Labute approximate surface area is 240 Å². The summed E-state index contributed by atoms with van der Waals surface area (Å²) in [7, 11) is -0.561. The zero-order valence-corrected chi connectivity index (χ0v) is 26.5. The molecule has 0 aliphatic carbocycles. The van der Waals surface area contributed by atoms with Crippen LogP contribution in [-0.2, 0) is 9.26 Å². The second-order valence-corrected chi connectivity index (χ2v) is 16.3. The molecule has 0 unspecified atom stereocenters. The lowest BCUT2D eigenvalue weighted by Crippen LogP contribution is -2.47. The Morgan fingerprint density at radius 3 is 2.41 bits per heavy atom. The van der Waals surface area contributed by atoms with Gasteiger partial charge in [0.25, 0.3) is 0 Å². The molecule has 1 aromatic carbocycles. The average molecular weight is 596 g/mol. The Morgan fingerprint density at radius 1 is 1.10 bits per heavy atom. The van der Waals surface area contributed by atoms with Gasteiger partial charge in [0.2, 0.25) is 8.32 Å². The number of rotatable bonds is 9. The third kappa shape index (κ3) is 7.30. The quantitative estimate of drug-likeness (QED) is 0.107. The number of carbonyl (C=O) groups is 1. The number of halogens is 2. The fourth-order valence-electron chi connectivity index (χ4n) is 3.46. The number of ether oxygens (including phenoxy) is 2. The van der Waals surface area contributed by atoms with Crippen LogP contribution < -0.4 is 4.74 Å². The fraction of sp³-hybridized carbons (Fsp3) is 0.481. The Balaban J connectivity index is 1.64. The van der Waals surface area contributed by atoms with Gasteiger partial charge in [0.05, 0.1) is 35.2 Å². The third-order valence-corrected chi connectivity index (χ3v) is 11.8. The van der Waals surface area contributed by atoms with Crippen LogP contribution in [0.3, 0.4) is 0 Å². The molecular weight excluding hydrogens is 559 g/mol. The standard InChI is InChI=1S/C27H36Cl2N4O5Si/c1-16-23(22-17(2)32-37-18(22)3)30-25(31-24(16)29)20-15-19(11-12-21(20)28)35-13-10-14-36-26(34)33(7)38-39(8,9)27(4,5)6/h11-12,15H,10,13-14H2,1-9H3. The van der Waals surface area contributed by atoms with E-state index in [1.165, 1.54) is 5.06 Å². The summed E-state index contributed by atoms with van der Waals surface area (Å²) >= 11 is 13.0. The zero-order valence-electron chi connectivity index (χ0n) is 23.9. The van der Waals surface area contributed by atoms with E-state index in [4.69, 9.17) is 46.7 Å². The Morgan fingerprint density at radius 2 is 1.79 bits per heavy atom. The molecule has 3 aromatic rings. The van der Waals surface area contributed by atoms with Gasteiger partial charge in [-0.2, -0.15) is 0 Å². The second-order valence-electron chi connectivity index (χ2n) is 10.8. The molecule has 212 valence electrons. The summed E-state index contributed by atoms with van der Waals surface area (Å²) in [4.78, 5) is 21.5. The molecule has 0 N–H and O–H groups in total. The van der Waals surface area contributed by atoms with Crippen molar-refractivity contribution >= 4 is 37.6 Å². The summed E-state index contributed by atoms with van der Waals surface area (Å²) in [5.41, 5.74) is 3.40. The van der Waals surface area contributed by atoms with Gasteiger partial charge in [0, 0.05) is 24.6 Å². The van der Waals surface area contributed by atoms with E-state index in [0.29, 0.717) is 63.1 Å². The lowest BCUT2D eigenvalue weighted by Gasteiger charge is -2.37. The molecule has 0 radical (unpaired) electrons. The number of hydrogen-bond acceptors (Lipinski definition) is 8. The number of carbonyl (C=O) groups excluding carboxylic acids is 1. The molecule has 39 heavy (non-hydrogen) atoms. The van der Waals surface area contributed by atoms with E-state index in [1.54, 1.807) is 25.2 Å². The first kappa shape index (κ1) is 30.9. The SMILES string of the molecule is Cc1noc(C)c1-c1nc(-c2cc(OCCCOC(=O)N(C)O[Si](C)(C)C(C)(C)C)ccc2Cl)nc(Cl)c1C. The first-order valence-corrected chi connectivity index (χ1v) is 16.3. The zero-order chi connectivity index (χ0) is 29.1. The van der Waals surface area contributed by atoms with Crippen molar-refractivity contribution in [1.29, 1.82) is 0 Å². The molecule has 0 aliphatic heterocycles. The summed E-state index contributed by atoms with van der Waals surface area (Å²) < 4.78 is 22.5. The monoisotopic (exact) mass is 594 g/mol. The molecule has 2 heterocycles. The predicted octanol–water partition coefficient (Wildman–Crippen LogP) is 7.80. The molecule has 9 nitrogen and oxygen atoms in total. The van der Waals surface area contributed by atoms with E-state index in [9.17, 15) is 4.79 Å². The molecule has 3 rings (SSSR count). The molecule has 2 aromatic heterocycles. The van der Waals surface area contributed by atoms with Crippen molar-refractivity contribution in [3.05, 3.63) is 45.4 Å². The van der Waals surface area contributed by atoms with Crippen molar-refractivity contribution in [1.82, 2.24) is 20.2 Å². The number of benzene rings is 1. The van der Waals surface area contributed by atoms with Crippen molar-refractivity contribution in [3.8, 4) is 28.4 Å². The molecular formula is C27H36Cl2N4O5Si. The van der Waals surface area contributed by atoms with Crippen LogP contribution in [0.15, 0.2) is 22.7 Å². The van der Waals surface area contributed by atoms with Crippen LogP contribution in [0.4, 0.5) is 4.79 Å². The van der Waals surface area contributed by atoms with Gasteiger partial charge in [0.1, 0.15) is 16.7 Å². The number of hydrogen-bond donors (Lipinski definition) is 0. The molecule has 0 bridgehead atoms. The lowest BCUT2D eigenvalue weighted by molar-refractivity contribution is -0.0404. The van der Waals surface area contributed by atoms with Crippen molar-refractivity contribution in [2.75, 3.05) is 20.3 Å². The van der Waals surface area contributed by atoms with Crippen molar-refractivity contribution < 1.29 is 23.3 Å². The van der Waals surface area contributed by atoms with Gasteiger partial charge in [-0.25, -0.2) is 19.8 Å². The maximum absolute atomic E-state index is 12.3. The van der Waals surface area contributed by atoms with Crippen molar-refractivity contribution in [3.63, 3.8) is 0 Å². The van der Waals surface area contributed by atoms with Gasteiger partial charge in [0.15, 0.2) is 5.82 Å². The molecule has 0 atom stereocenters. The average Bonchev–Trinajstić information content (AvgIpc) is 3.18. The minimum atomic E-state index is -2.14. The number of aryl methyl sites for hydroxylation is 2. The van der Waals surface area contributed by atoms with Crippen LogP contribution in [0.25, 0.3) is 22.6 Å². The molecule has 0 aliphatic rings. The van der Waals surface area contributed by atoms with Gasteiger partial charge in [-0.1, -0.05) is 49.1 Å². The van der Waals surface area contributed by atoms with E-state index < -0.39 is 14.4 Å². The summed E-state index contributed by atoms with van der Waals surface area (Å²) in [6.45, 7) is 16.5. The molecule has 0 saturated carbocycles.